The maximum absolute atomic E-state index is 12.0. The van der Waals surface area contributed by atoms with Crippen molar-refractivity contribution in [2.45, 2.75) is 24.5 Å². The van der Waals surface area contributed by atoms with Crippen molar-refractivity contribution in [3.63, 3.8) is 0 Å². The zero-order valence-electron chi connectivity index (χ0n) is 12.2. The van der Waals surface area contributed by atoms with Gasteiger partial charge in [0, 0.05) is 12.0 Å². The topological polar surface area (TPSA) is 177 Å². The summed E-state index contributed by atoms with van der Waals surface area (Å²) in [7, 11) is 1.68. The number of aliphatic hydroxyl groups excluding tert-OH is 2. The normalized spacial score (nSPS) is 29.5. The largest absolute Gasteiger partial charge is 0.394 e. The predicted octanol–water partition coefficient (Wildman–Crippen LogP) is -1.68. The average molecular weight is 324 g/mol. The standard InChI is InChI=1S/C11H16N8O4/c1-18-3-19(8-6(18)9(22)15-11(12)14-8)10-5(16-17-13)7(21)4(2-20)23-10/h4-5,7,10,20-21H,2-3H2,1H3,(H3,12,14,15,22)/t4-,5-,7-,10-/m1/s1. The molecule has 5 N–H and O–H groups in total. The highest BCUT2D eigenvalue weighted by molar-refractivity contribution is 5.72. The first-order valence-electron chi connectivity index (χ1n) is 6.84. The summed E-state index contributed by atoms with van der Waals surface area (Å²) >= 11 is 0. The number of ether oxygens (including phenoxy) is 1. The smallest absolute Gasteiger partial charge is 0.278 e. The van der Waals surface area contributed by atoms with Crippen LogP contribution < -0.4 is 21.1 Å². The van der Waals surface area contributed by atoms with Crippen LogP contribution >= 0.6 is 0 Å². The van der Waals surface area contributed by atoms with Gasteiger partial charge in [-0.25, -0.2) is 0 Å². The first kappa shape index (κ1) is 15.4. The van der Waals surface area contributed by atoms with Crippen molar-refractivity contribution in [2.75, 3.05) is 35.9 Å². The van der Waals surface area contributed by atoms with Crippen LogP contribution in [0.3, 0.4) is 0 Å². The molecule has 0 amide bonds. The Kier molecular flexibility index (Phi) is 3.74. The summed E-state index contributed by atoms with van der Waals surface area (Å²) in [6.45, 7) is -0.210. The summed E-state index contributed by atoms with van der Waals surface area (Å²) < 4.78 is 5.60. The highest BCUT2D eigenvalue weighted by Crippen LogP contribution is 2.36. The van der Waals surface area contributed by atoms with Crippen LogP contribution in [0.15, 0.2) is 9.91 Å². The third-order valence-electron chi connectivity index (χ3n) is 3.92. The molecule has 0 unspecified atom stereocenters. The van der Waals surface area contributed by atoms with Crippen LogP contribution in [-0.4, -0.2) is 65.0 Å². The molecule has 0 bridgehead atoms. The van der Waals surface area contributed by atoms with Crippen LogP contribution in [0.2, 0.25) is 0 Å². The van der Waals surface area contributed by atoms with Gasteiger partial charge in [0.05, 0.1) is 19.4 Å². The average Bonchev–Trinajstić information content (AvgIpc) is 2.98. The number of aliphatic hydroxyl groups is 2. The Bertz CT molecular complexity index is 716. The maximum Gasteiger partial charge on any atom is 0.278 e. The zero-order chi connectivity index (χ0) is 16.7. The molecule has 124 valence electrons. The van der Waals surface area contributed by atoms with Gasteiger partial charge < -0.3 is 30.5 Å². The Morgan fingerprint density at radius 2 is 2.39 bits per heavy atom. The minimum absolute atomic E-state index is 0.0633. The number of nitrogen functional groups attached to an aromatic ring is 1. The van der Waals surface area contributed by atoms with Crippen LogP contribution in [-0.2, 0) is 4.74 Å². The van der Waals surface area contributed by atoms with Gasteiger partial charge in [-0.15, -0.1) is 0 Å². The second-order valence-electron chi connectivity index (χ2n) is 5.37. The molecule has 1 saturated heterocycles. The van der Waals surface area contributed by atoms with Crippen molar-refractivity contribution in [1.82, 2.24) is 9.97 Å². The lowest BCUT2D eigenvalue weighted by atomic mass is 10.1. The molecule has 0 spiro atoms. The molecule has 1 aromatic heterocycles. The molecule has 0 aliphatic carbocycles. The summed E-state index contributed by atoms with van der Waals surface area (Å²) in [5.41, 5.74) is 14.2. The molecule has 23 heavy (non-hydrogen) atoms. The zero-order valence-corrected chi connectivity index (χ0v) is 12.2. The highest BCUT2D eigenvalue weighted by Gasteiger charge is 2.48. The van der Waals surface area contributed by atoms with Gasteiger partial charge in [0.15, 0.2) is 5.82 Å². The fourth-order valence-corrected chi connectivity index (χ4v) is 2.91. The summed E-state index contributed by atoms with van der Waals surface area (Å²) in [6, 6.07) is -0.959. The third kappa shape index (κ3) is 2.33. The number of nitrogens with one attached hydrogen (secondary N) is 1. The van der Waals surface area contributed by atoms with E-state index in [2.05, 4.69) is 20.0 Å². The number of H-pyrrole nitrogens is 1. The number of aromatic nitrogens is 2. The summed E-state index contributed by atoms with van der Waals surface area (Å²) in [5, 5.41) is 23.0. The van der Waals surface area contributed by atoms with Gasteiger partial charge in [-0.1, -0.05) is 5.11 Å². The molecule has 2 aliphatic heterocycles. The van der Waals surface area contributed by atoms with Gasteiger partial charge in [-0.05, 0) is 5.53 Å². The van der Waals surface area contributed by atoms with Crippen molar-refractivity contribution < 1.29 is 14.9 Å². The maximum atomic E-state index is 12.0. The Balaban J connectivity index is 2.03. The fourth-order valence-electron chi connectivity index (χ4n) is 2.91. The minimum atomic E-state index is -1.17. The number of hydrogen-bond donors (Lipinski definition) is 4. The van der Waals surface area contributed by atoms with Crippen LogP contribution in [0.4, 0.5) is 17.5 Å². The summed E-state index contributed by atoms with van der Waals surface area (Å²) in [6.07, 6.45) is -2.95. The van der Waals surface area contributed by atoms with E-state index in [-0.39, 0.29) is 18.4 Å². The van der Waals surface area contributed by atoms with Crippen molar-refractivity contribution in [1.29, 1.82) is 0 Å². The highest BCUT2D eigenvalue weighted by atomic mass is 16.5. The molecular formula is C11H16N8O4. The quantitative estimate of drug-likeness (QED) is 0.289. The van der Waals surface area contributed by atoms with Crippen molar-refractivity contribution in [3.8, 4) is 0 Å². The number of anilines is 3. The molecule has 12 heteroatoms. The van der Waals surface area contributed by atoms with Gasteiger partial charge in [-0.2, -0.15) is 4.98 Å². The third-order valence-corrected chi connectivity index (χ3v) is 3.92. The molecule has 1 aromatic rings. The van der Waals surface area contributed by atoms with Crippen molar-refractivity contribution >= 4 is 17.5 Å². The molecule has 3 heterocycles. The van der Waals surface area contributed by atoms with E-state index in [1.165, 1.54) is 0 Å². The van der Waals surface area contributed by atoms with Crippen molar-refractivity contribution in [2.24, 2.45) is 5.11 Å². The molecule has 1 fully saturated rings. The molecule has 12 nitrogen and oxygen atoms in total. The molecule has 3 rings (SSSR count). The number of azide groups is 1. The van der Waals surface area contributed by atoms with Crippen LogP contribution in [0.5, 0.6) is 0 Å². The second-order valence-corrected chi connectivity index (χ2v) is 5.37. The molecule has 0 radical (unpaired) electrons. The summed E-state index contributed by atoms with van der Waals surface area (Å²) in [4.78, 5) is 24.5. The van der Waals surface area contributed by atoms with E-state index in [0.29, 0.717) is 5.69 Å². The predicted molar refractivity (Wildman–Crippen MR) is 79.7 cm³/mol. The van der Waals surface area contributed by atoms with Gasteiger partial charge in [0.2, 0.25) is 5.95 Å². The van der Waals surface area contributed by atoms with E-state index >= 15 is 0 Å². The molecule has 0 aromatic carbocycles. The number of rotatable bonds is 3. The molecular weight excluding hydrogens is 308 g/mol. The van der Waals surface area contributed by atoms with E-state index in [4.69, 9.17) is 16.0 Å². The first-order chi connectivity index (χ1) is 11.0. The van der Waals surface area contributed by atoms with E-state index in [1.807, 2.05) is 0 Å². The number of fused-ring (bicyclic) bond motifs is 1. The van der Waals surface area contributed by atoms with E-state index in [1.54, 1.807) is 16.8 Å². The second kappa shape index (κ2) is 5.59. The first-order valence-corrected chi connectivity index (χ1v) is 6.84. The Morgan fingerprint density at radius 3 is 3.04 bits per heavy atom. The van der Waals surface area contributed by atoms with E-state index in [9.17, 15) is 15.0 Å². The number of hydrogen-bond acceptors (Lipinski definition) is 9. The van der Waals surface area contributed by atoms with Gasteiger partial charge >= 0.3 is 0 Å². The molecule has 0 saturated carbocycles. The Morgan fingerprint density at radius 1 is 1.65 bits per heavy atom. The number of nitrogens with zero attached hydrogens (tertiary/aromatic N) is 6. The lowest BCUT2D eigenvalue weighted by Crippen LogP contribution is -2.44. The fraction of sp³-hybridized carbons (Fsp3) is 0.636. The van der Waals surface area contributed by atoms with E-state index < -0.39 is 36.6 Å². The van der Waals surface area contributed by atoms with Gasteiger partial charge in [0.1, 0.15) is 24.1 Å². The minimum Gasteiger partial charge on any atom is -0.394 e. The summed E-state index contributed by atoms with van der Waals surface area (Å²) in [5.74, 6) is 0.203. The lowest BCUT2D eigenvalue weighted by Gasteiger charge is -2.28. The lowest BCUT2D eigenvalue weighted by molar-refractivity contribution is -0.0220. The number of nitrogens with two attached hydrogens (primary N) is 1. The molecule has 4 atom stereocenters. The Hall–Kier alpha value is -2.53. The SMILES string of the molecule is CN1CN([C@@H]2O[C@H](CO)[C@@H](O)[C@H]2N=[N+]=[N-])c2nc(N)[nH]c(=O)c21. The van der Waals surface area contributed by atoms with Crippen LogP contribution in [0.1, 0.15) is 0 Å². The van der Waals surface area contributed by atoms with Crippen LogP contribution in [0.25, 0.3) is 10.4 Å². The van der Waals surface area contributed by atoms with Gasteiger partial charge in [-0.3, -0.25) is 9.78 Å². The van der Waals surface area contributed by atoms with Gasteiger partial charge in [0.25, 0.3) is 5.56 Å². The number of aromatic amines is 1. The van der Waals surface area contributed by atoms with Crippen molar-refractivity contribution in [3.05, 3.63) is 20.8 Å². The van der Waals surface area contributed by atoms with Crippen LogP contribution in [0, 0.1) is 0 Å². The molecule has 2 aliphatic rings. The monoisotopic (exact) mass is 324 g/mol. The van der Waals surface area contributed by atoms with E-state index in [0.717, 1.165) is 0 Å². The Labute approximate surface area is 129 Å².